The van der Waals surface area contributed by atoms with Crippen LogP contribution in [0.15, 0.2) is 22.7 Å². The lowest BCUT2D eigenvalue weighted by Crippen LogP contribution is -2.07. The number of halogens is 2. The van der Waals surface area contributed by atoms with E-state index in [1.165, 1.54) is 0 Å². The number of hydrogen-bond donors (Lipinski definition) is 0. The molecule has 0 fully saturated rings. The molecule has 0 saturated carbocycles. The summed E-state index contributed by atoms with van der Waals surface area (Å²) in [5.74, 6) is -0.277. The minimum absolute atomic E-state index is 0.238. The molecule has 0 aliphatic heterocycles. The van der Waals surface area contributed by atoms with E-state index in [0.29, 0.717) is 18.6 Å². The van der Waals surface area contributed by atoms with Gasteiger partial charge in [0, 0.05) is 16.5 Å². The van der Waals surface area contributed by atoms with Crippen LogP contribution in [-0.4, -0.2) is 17.8 Å². The van der Waals surface area contributed by atoms with E-state index < -0.39 is 5.24 Å². The largest absolute Gasteiger partial charge is 0.466 e. The van der Waals surface area contributed by atoms with Crippen LogP contribution >= 0.6 is 27.5 Å². The number of rotatable bonds is 5. The Bertz CT molecular complexity index is 432. The van der Waals surface area contributed by atoms with Crippen molar-refractivity contribution in [2.45, 2.75) is 19.8 Å². The maximum Gasteiger partial charge on any atom is 0.306 e. The fraction of sp³-hybridized carbons (Fsp3) is 0.333. The van der Waals surface area contributed by atoms with Crippen LogP contribution in [0.25, 0.3) is 0 Å². The lowest BCUT2D eigenvalue weighted by atomic mass is 10.0. The van der Waals surface area contributed by atoms with Gasteiger partial charge in [-0.1, -0.05) is 15.9 Å². The molecule has 1 rings (SSSR count). The van der Waals surface area contributed by atoms with Gasteiger partial charge in [0.1, 0.15) is 0 Å². The SMILES string of the molecule is CCOC(=O)CCc1cc(Br)ccc1C(=O)Cl. The van der Waals surface area contributed by atoms with Crippen molar-refractivity contribution in [3.05, 3.63) is 33.8 Å². The molecule has 0 saturated heterocycles. The minimum Gasteiger partial charge on any atom is -0.466 e. The number of ether oxygens (including phenoxy) is 1. The number of carbonyl (C=O) groups excluding carboxylic acids is 2. The highest BCUT2D eigenvalue weighted by atomic mass is 79.9. The lowest BCUT2D eigenvalue weighted by Gasteiger charge is -2.06. The molecule has 0 atom stereocenters. The third-order valence-corrected chi connectivity index (χ3v) is 2.88. The fourth-order valence-corrected chi connectivity index (χ4v) is 2.02. The number of carbonyl (C=O) groups is 2. The van der Waals surface area contributed by atoms with Gasteiger partial charge in [-0.3, -0.25) is 9.59 Å². The van der Waals surface area contributed by atoms with Gasteiger partial charge >= 0.3 is 5.97 Å². The van der Waals surface area contributed by atoms with Gasteiger partial charge in [-0.05, 0) is 48.7 Å². The molecule has 3 nitrogen and oxygen atoms in total. The Morgan fingerprint density at radius 3 is 2.71 bits per heavy atom. The van der Waals surface area contributed by atoms with E-state index in [2.05, 4.69) is 15.9 Å². The van der Waals surface area contributed by atoms with Crippen LogP contribution in [0.3, 0.4) is 0 Å². The average molecular weight is 320 g/mol. The van der Waals surface area contributed by atoms with E-state index in [1.54, 1.807) is 25.1 Å². The topological polar surface area (TPSA) is 43.4 Å². The zero-order valence-electron chi connectivity index (χ0n) is 9.33. The predicted molar refractivity (Wildman–Crippen MR) is 69.3 cm³/mol. The molecular formula is C12H12BrClO3. The van der Waals surface area contributed by atoms with Crippen LogP contribution in [0.2, 0.25) is 0 Å². The number of benzene rings is 1. The third-order valence-electron chi connectivity index (χ3n) is 2.18. The van der Waals surface area contributed by atoms with Crippen LogP contribution in [0, 0.1) is 0 Å². The first kappa shape index (κ1) is 14.2. The van der Waals surface area contributed by atoms with Crippen LogP contribution in [0.1, 0.15) is 29.3 Å². The van der Waals surface area contributed by atoms with Crippen molar-refractivity contribution in [1.29, 1.82) is 0 Å². The Morgan fingerprint density at radius 1 is 1.41 bits per heavy atom. The Kier molecular flexibility index (Phi) is 5.65. The fourth-order valence-electron chi connectivity index (χ4n) is 1.43. The highest BCUT2D eigenvalue weighted by molar-refractivity contribution is 9.10. The lowest BCUT2D eigenvalue weighted by molar-refractivity contribution is -0.143. The van der Waals surface area contributed by atoms with Crippen LogP contribution < -0.4 is 0 Å². The summed E-state index contributed by atoms with van der Waals surface area (Å²) < 4.78 is 5.67. The molecule has 0 unspecified atom stereocenters. The first-order chi connectivity index (χ1) is 8.04. The molecule has 0 N–H and O–H groups in total. The molecule has 92 valence electrons. The van der Waals surface area contributed by atoms with Crippen molar-refractivity contribution >= 4 is 38.7 Å². The van der Waals surface area contributed by atoms with E-state index in [4.69, 9.17) is 16.3 Å². The summed E-state index contributed by atoms with van der Waals surface area (Å²) >= 11 is 8.78. The highest BCUT2D eigenvalue weighted by Gasteiger charge is 2.11. The normalized spacial score (nSPS) is 10.1. The quantitative estimate of drug-likeness (QED) is 0.617. The van der Waals surface area contributed by atoms with Gasteiger partial charge in [0.25, 0.3) is 5.24 Å². The average Bonchev–Trinajstić information content (AvgIpc) is 2.26. The van der Waals surface area contributed by atoms with Gasteiger partial charge in [-0.2, -0.15) is 0 Å². The van der Waals surface area contributed by atoms with Gasteiger partial charge in [-0.15, -0.1) is 0 Å². The number of hydrogen-bond acceptors (Lipinski definition) is 3. The van der Waals surface area contributed by atoms with Crippen molar-refractivity contribution in [2.75, 3.05) is 6.61 Å². The molecular weight excluding hydrogens is 307 g/mol. The highest BCUT2D eigenvalue weighted by Crippen LogP contribution is 2.20. The molecule has 17 heavy (non-hydrogen) atoms. The van der Waals surface area contributed by atoms with E-state index >= 15 is 0 Å². The summed E-state index contributed by atoms with van der Waals surface area (Å²) in [6, 6.07) is 5.16. The van der Waals surface area contributed by atoms with Crippen molar-refractivity contribution < 1.29 is 14.3 Å². The maximum absolute atomic E-state index is 11.2. The molecule has 0 aliphatic rings. The second-order valence-electron chi connectivity index (χ2n) is 3.38. The standard InChI is InChI=1S/C12H12BrClO3/c1-2-17-11(15)6-3-8-7-9(13)4-5-10(8)12(14)16/h4-5,7H,2-3,6H2,1H3. The zero-order valence-corrected chi connectivity index (χ0v) is 11.7. The molecule has 0 radical (unpaired) electrons. The summed E-state index contributed by atoms with van der Waals surface area (Å²) in [6.07, 6.45) is 0.674. The zero-order chi connectivity index (χ0) is 12.8. The molecule has 0 heterocycles. The second kappa shape index (κ2) is 6.77. The van der Waals surface area contributed by atoms with Gasteiger partial charge in [0.15, 0.2) is 0 Å². The monoisotopic (exact) mass is 318 g/mol. The van der Waals surface area contributed by atoms with E-state index in [9.17, 15) is 9.59 Å². The van der Waals surface area contributed by atoms with Gasteiger partial charge < -0.3 is 4.74 Å². The molecule has 0 bridgehead atoms. The molecule has 1 aromatic rings. The smallest absolute Gasteiger partial charge is 0.306 e. The maximum atomic E-state index is 11.2. The van der Waals surface area contributed by atoms with E-state index in [1.807, 2.05) is 0 Å². The molecule has 0 aliphatic carbocycles. The molecule has 0 aromatic heterocycles. The van der Waals surface area contributed by atoms with E-state index in [0.717, 1.165) is 10.0 Å². The summed E-state index contributed by atoms with van der Waals surface area (Å²) in [5.41, 5.74) is 1.17. The molecule has 5 heteroatoms. The van der Waals surface area contributed by atoms with Gasteiger partial charge in [0.2, 0.25) is 0 Å². The Hall–Kier alpha value is -0.870. The summed E-state index contributed by atoms with van der Waals surface area (Å²) in [6.45, 7) is 2.11. The van der Waals surface area contributed by atoms with Crippen molar-refractivity contribution in [2.24, 2.45) is 0 Å². The number of esters is 1. The minimum atomic E-state index is -0.517. The first-order valence-corrected chi connectivity index (χ1v) is 6.35. The van der Waals surface area contributed by atoms with Crippen LogP contribution in [0.5, 0.6) is 0 Å². The first-order valence-electron chi connectivity index (χ1n) is 5.18. The second-order valence-corrected chi connectivity index (χ2v) is 4.64. The number of aryl methyl sites for hydroxylation is 1. The summed E-state index contributed by atoms with van der Waals surface area (Å²) in [5, 5.41) is -0.517. The predicted octanol–water partition coefficient (Wildman–Crippen LogP) is 3.32. The van der Waals surface area contributed by atoms with Crippen molar-refractivity contribution in [1.82, 2.24) is 0 Å². The van der Waals surface area contributed by atoms with E-state index in [-0.39, 0.29) is 12.4 Å². The summed E-state index contributed by atoms with van der Waals surface area (Å²) in [7, 11) is 0. The molecule has 1 aromatic carbocycles. The van der Waals surface area contributed by atoms with Crippen LogP contribution in [-0.2, 0) is 16.0 Å². The molecule has 0 spiro atoms. The van der Waals surface area contributed by atoms with Crippen molar-refractivity contribution in [3.8, 4) is 0 Å². The Balaban J connectivity index is 2.78. The van der Waals surface area contributed by atoms with Crippen LogP contribution in [0.4, 0.5) is 0 Å². The Morgan fingerprint density at radius 2 is 2.12 bits per heavy atom. The summed E-state index contributed by atoms with van der Waals surface area (Å²) in [4.78, 5) is 22.4. The molecule has 0 amide bonds. The van der Waals surface area contributed by atoms with Gasteiger partial charge in [0.05, 0.1) is 6.61 Å². The van der Waals surface area contributed by atoms with Gasteiger partial charge in [-0.25, -0.2) is 0 Å². The Labute approximate surface area is 113 Å². The van der Waals surface area contributed by atoms with Crippen molar-refractivity contribution in [3.63, 3.8) is 0 Å². The third kappa shape index (κ3) is 4.48.